The monoisotopic (exact) mass is 440 g/mol. The second kappa shape index (κ2) is 9.92. The third kappa shape index (κ3) is 5.71. The van der Waals surface area contributed by atoms with Gasteiger partial charge in [-0.15, -0.1) is 11.3 Å². The predicted octanol–water partition coefficient (Wildman–Crippen LogP) is 4.69. The van der Waals surface area contributed by atoms with Gasteiger partial charge in [0.1, 0.15) is 0 Å². The molecule has 0 aliphatic rings. The first-order valence-electron chi connectivity index (χ1n) is 8.73. The minimum atomic E-state index is -0.0589. The van der Waals surface area contributed by atoms with Crippen LogP contribution in [0.15, 0.2) is 22.0 Å². The molecule has 2 rings (SSSR count). The number of hydrogen-bond acceptors (Lipinski definition) is 5. The normalized spacial score (nSPS) is 10.8. The Labute approximate surface area is 167 Å². The molecule has 1 amide bonds. The van der Waals surface area contributed by atoms with Crippen molar-refractivity contribution in [1.29, 1.82) is 0 Å². The summed E-state index contributed by atoms with van der Waals surface area (Å²) in [5.74, 6) is 1.67. The third-order valence-corrected chi connectivity index (χ3v) is 5.53. The maximum absolute atomic E-state index is 12.3. The van der Waals surface area contributed by atoms with E-state index in [0.717, 1.165) is 20.7 Å². The molecular weight excluding hydrogens is 416 g/mol. The Morgan fingerprint density at radius 1 is 1.23 bits per heavy atom. The molecule has 1 heterocycles. The van der Waals surface area contributed by atoms with Crippen molar-refractivity contribution < 1.29 is 14.3 Å². The molecule has 26 heavy (non-hydrogen) atoms. The zero-order valence-corrected chi connectivity index (χ0v) is 18.0. The van der Waals surface area contributed by atoms with Crippen LogP contribution in [0.2, 0.25) is 0 Å². The summed E-state index contributed by atoms with van der Waals surface area (Å²) in [6, 6.07) is 3.71. The lowest BCUT2D eigenvalue weighted by Gasteiger charge is -2.14. The molecule has 1 aromatic heterocycles. The number of rotatable bonds is 9. The fraction of sp³-hybridized carbons (Fsp3) is 0.474. The Bertz CT molecular complexity index is 746. The molecule has 1 aromatic carbocycles. The summed E-state index contributed by atoms with van der Waals surface area (Å²) in [6.07, 6.45) is 0.258. The number of carbonyl (C=O) groups excluding carboxylic acids is 1. The molecule has 0 unspecified atom stereocenters. The fourth-order valence-corrected chi connectivity index (χ4v) is 3.64. The van der Waals surface area contributed by atoms with Crippen molar-refractivity contribution in [3.63, 3.8) is 0 Å². The topological polar surface area (TPSA) is 60.5 Å². The molecular formula is C19H25BrN2O3S. The molecule has 5 nitrogen and oxygen atoms in total. The van der Waals surface area contributed by atoms with E-state index in [2.05, 4.69) is 40.1 Å². The van der Waals surface area contributed by atoms with Crippen LogP contribution in [0, 0.1) is 0 Å². The van der Waals surface area contributed by atoms with Gasteiger partial charge in [0.15, 0.2) is 11.5 Å². The first kappa shape index (κ1) is 20.7. The number of aromatic nitrogens is 1. The number of carbonyl (C=O) groups is 1. The first-order chi connectivity index (χ1) is 12.4. The number of thiazole rings is 1. The minimum Gasteiger partial charge on any atom is -0.490 e. The van der Waals surface area contributed by atoms with Crippen molar-refractivity contribution >= 4 is 33.2 Å². The van der Waals surface area contributed by atoms with Crippen LogP contribution >= 0.6 is 27.3 Å². The molecule has 0 bridgehead atoms. The van der Waals surface area contributed by atoms with Crippen LogP contribution in [-0.2, 0) is 17.8 Å². The number of amides is 1. The van der Waals surface area contributed by atoms with Crippen molar-refractivity contribution in [3.8, 4) is 11.5 Å². The second-order valence-corrected chi connectivity index (χ2v) is 7.79. The van der Waals surface area contributed by atoms with Gasteiger partial charge in [0.25, 0.3) is 0 Å². The molecule has 1 N–H and O–H groups in total. The van der Waals surface area contributed by atoms with Crippen LogP contribution in [-0.4, -0.2) is 24.1 Å². The molecule has 142 valence electrons. The largest absolute Gasteiger partial charge is 0.490 e. The maximum Gasteiger partial charge on any atom is 0.224 e. The number of nitrogens with zero attached hydrogens (tertiary/aromatic N) is 1. The smallest absolute Gasteiger partial charge is 0.224 e. The predicted molar refractivity (Wildman–Crippen MR) is 108 cm³/mol. The number of nitrogens with one attached hydrogen (secondary N) is 1. The van der Waals surface area contributed by atoms with Gasteiger partial charge in [0.2, 0.25) is 5.91 Å². The lowest BCUT2D eigenvalue weighted by molar-refractivity contribution is -0.120. The lowest BCUT2D eigenvalue weighted by Crippen LogP contribution is -2.25. The SMILES string of the molecule is CCOc1cc(Br)c(CC(=O)NCc2csc(C(C)C)n2)cc1OCC. The number of hydrogen-bond donors (Lipinski definition) is 1. The minimum absolute atomic E-state index is 0.0589. The van der Waals surface area contributed by atoms with Crippen molar-refractivity contribution in [2.45, 2.75) is 46.6 Å². The van der Waals surface area contributed by atoms with Crippen LogP contribution in [0.25, 0.3) is 0 Å². The Balaban J connectivity index is 2.01. The molecule has 0 saturated carbocycles. The zero-order valence-electron chi connectivity index (χ0n) is 15.6. The third-order valence-electron chi connectivity index (χ3n) is 3.59. The fourth-order valence-electron chi connectivity index (χ4n) is 2.34. The van der Waals surface area contributed by atoms with E-state index in [9.17, 15) is 4.79 Å². The van der Waals surface area contributed by atoms with Crippen molar-refractivity contribution in [3.05, 3.63) is 38.3 Å². The van der Waals surface area contributed by atoms with E-state index >= 15 is 0 Å². The summed E-state index contributed by atoms with van der Waals surface area (Å²) < 4.78 is 12.1. The average molecular weight is 441 g/mol. The van der Waals surface area contributed by atoms with E-state index in [1.807, 2.05) is 31.4 Å². The first-order valence-corrected chi connectivity index (χ1v) is 10.4. The lowest BCUT2D eigenvalue weighted by atomic mass is 10.1. The number of halogens is 1. The van der Waals surface area contributed by atoms with Gasteiger partial charge in [0, 0.05) is 15.8 Å². The van der Waals surface area contributed by atoms with Crippen LogP contribution in [0.1, 0.15) is 49.9 Å². The molecule has 0 atom stereocenters. The Morgan fingerprint density at radius 3 is 2.46 bits per heavy atom. The van der Waals surface area contributed by atoms with Gasteiger partial charge < -0.3 is 14.8 Å². The van der Waals surface area contributed by atoms with Gasteiger partial charge >= 0.3 is 0 Å². The summed E-state index contributed by atoms with van der Waals surface area (Å²) >= 11 is 5.15. The molecule has 0 aliphatic heterocycles. The number of benzene rings is 1. The van der Waals surface area contributed by atoms with Crippen molar-refractivity contribution in [2.75, 3.05) is 13.2 Å². The highest BCUT2D eigenvalue weighted by Crippen LogP contribution is 2.34. The zero-order chi connectivity index (χ0) is 19.1. The van der Waals surface area contributed by atoms with Crippen molar-refractivity contribution in [1.82, 2.24) is 10.3 Å². The molecule has 0 fully saturated rings. The summed E-state index contributed by atoms with van der Waals surface area (Å²) in [4.78, 5) is 16.9. The summed E-state index contributed by atoms with van der Waals surface area (Å²) in [7, 11) is 0. The van der Waals surface area contributed by atoms with Gasteiger partial charge in [-0.2, -0.15) is 0 Å². The summed E-state index contributed by atoms with van der Waals surface area (Å²) in [5, 5.41) is 6.01. The van der Waals surface area contributed by atoms with Gasteiger partial charge in [-0.3, -0.25) is 4.79 Å². The van der Waals surface area contributed by atoms with E-state index in [0.29, 0.717) is 37.2 Å². The second-order valence-electron chi connectivity index (χ2n) is 6.04. The number of ether oxygens (including phenoxy) is 2. The van der Waals surface area contributed by atoms with E-state index in [-0.39, 0.29) is 12.3 Å². The van der Waals surface area contributed by atoms with Crippen molar-refractivity contribution in [2.24, 2.45) is 0 Å². The van der Waals surface area contributed by atoms with Crippen LogP contribution in [0.5, 0.6) is 11.5 Å². The van der Waals surface area contributed by atoms with E-state index in [1.165, 1.54) is 0 Å². The molecule has 7 heteroatoms. The summed E-state index contributed by atoms with van der Waals surface area (Å²) in [5.41, 5.74) is 1.75. The Hall–Kier alpha value is -1.60. The van der Waals surface area contributed by atoms with Gasteiger partial charge in [-0.25, -0.2) is 4.98 Å². The Morgan fingerprint density at radius 2 is 1.88 bits per heavy atom. The molecule has 0 aliphatic carbocycles. The quantitative estimate of drug-likeness (QED) is 0.614. The highest BCUT2D eigenvalue weighted by molar-refractivity contribution is 9.10. The maximum atomic E-state index is 12.3. The van der Waals surface area contributed by atoms with E-state index in [4.69, 9.17) is 9.47 Å². The van der Waals surface area contributed by atoms with Crippen LogP contribution in [0.3, 0.4) is 0 Å². The van der Waals surface area contributed by atoms with E-state index < -0.39 is 0 Å². The molecule has 0 saturated heterocycles. The van der Waals surface area contributed by atoms with Crippen LogP contribution in [0.4, 0.5) is 0 Å². The van der Waals surface area contributed by atoms with Gasteiger partial charge in [-0.1, -0.05) is 29.8 Å². The van der Waals surface area contributed by atoms with Gasteiger partial charge in [0.05, 0.1) is 36.9 Å². The molecule has 0 radical (unpaired) electrons. The highest BCUT2D eigenvalue weighted by atomic mass is 79.9. The molecule has 2 aromatic rings. The highest BCUT2D eigenvalue weighted by Gasteiger charge is 2.14. The summed E-state index contributed by atoms with van der Waals surface area (Å²) in [6.45, 7) is 9.60. The standard InChI is InChI=1S/C19H25BrN2O3S/c1-5-24-16-7-13(15(20)9-17(16)25-6-2)8-18(23)21-10-14-11-26-19(22-14)12(3)4/h7,9,11-12H,5-6,8,10H2,1-4H3,(H,21,23). The Kier molecular flexibility index (Phi) is 7.90. The molecule has 0 spiro atoms. The van der Waals surface area contributed by atoms with E-state index in [1.54, 1.807) is 11.3 Å². The van der Waals surface area contributed by atoms with Crippen LogP contribution < -0.4 is 14.8 Å². The average Bonchev–Trinajstić information content (AvgIpc) is 3.07. The van der Waals surface area contributed by atoms with Gasteiger partial charge in [-0.05, 0) is 31.5 Å².